The lowest BCUT2D eigenvalue weighted by atomic mass is 9.66. The molecule has 222 valence electrons. The summed E-state index contributed by atoms with van der Waals surface area (Å²) >= 11 is 0. The molecule has 0 aromatic heterocycles. The van der Waals surface area contributed by atoms with Gasteiger partial charge in [0.05, 0.1) is 12.2 Å². The number of esters is 1. The molecule has 7 atom stereocenters. The maximum atomic E-state index is 12.8. The van der Waals surface area contributed by atoms with Crippen LogP contribution in [0.4, 0.5) is 0 Å². The normalized spacial score (nSPS) is 30.3. The molecule has 0 saturated heterocycles. The van der Waals surface area contributed by atoms with Gasteiger partial charge in [0, 0.05) is 29.9 Å². The quantitative estimate of drug-likeness (QED) is 0.110. The van der Waals surface area contributed by atoms with Crippen LogP contribution in [-0.4, -0.2) is 63.6 Å². The van der Waals surface area contributed by atoms with Crippen LogP contribution in [0.3, 0.4) is 0 Å². The molecule has 0 heterocycles. The summed E-state index contributed by atoms with van der Waals surface area (Å²) in [7, 11) is 0. The van der Waals surface area contributed by atoms with Crippen LogP contribution < -0.4 is 0 Å². The number of aliphatic carboxylic acids is 1. The average Bonchev–Trinajstić information content (AvgIpc) is 3.35. The molecule has 0 amide bonds. The Labute approximate surface area is 233 Å². The van der Waals surface area contributed by atoms with E-state index in [2.05, 4.69) is 13.8 Å². The summed E-state index contributed by atoms with van der Waals surface area (Å²) in [5.74, 6) is -1.55. The smallest absolute Gasteiger partial charge is 0.331 e. The van der Waals surface area contributed by atoms with E-state index in [4.69, 9.17) is 9.84 Å². The largest absolute Gasteiger partial charge is 0.478 e. The molecular formula is C31H50O8. The maximum absolute atomic E-state index is 12.8. The lowest BCUT2D eigenvalue weighted by Crippen LogP contribution is -2.45. The Bertz CT molecular complexity index is 867. The first-order chi connectivity index (χ1) is 18.6. The number of carbonyl (C=O) groups excluding carboxylic acids is 2. The number of ether oxygens (including phenoxy) is 1. The number of fused-ring (bicyclic) bond motifs is 1. The predicted octanol–water partition coefficient (Wildman–Crippen LogP) is 4.58. The van der Waals surface area contributed by atoms with Crippen molar-refractivity contribution in [1.82, 2.24) is 0 Å². The number of aliphatic hydroxyl groups excluding tert-OH is 3. The van der Waals surface area contributed by atoms with E-state index < -0.39 is 29.7 Å². The zero-order valence-electron chi connectivity index (χ0n) is 23.9. The fraction of sp³-hybridized carbons (Fsp3) is 0.839. The van der Waals surface area contributed by atoms with Crippen molar-refractivity contribution in [3.63, 3.8) is 0 Å². The van der Waals surface area contributed by atoms with Crippen molar-refractivity contribution < 1.29 is 39.5 Å². The lowest BCUT2D eigenvalue weighted by Gasteiger charge is -2.41. The van der Waals surface area contributed by atoms with Gasteiger partial charge in [-0.1, -0.05) is 58.8 Å². The van der Waals surface area contributed by atoms with E-state index >= 15 is 0 Å². The van der Waals surface area contributed by atoms with Gasteiger partial charge in [-0.2, -0.15) is 0 Å². The Kier molecular flexibility index (Phi) is 11.6. The van der Waals surface area contributed by atoms with E-state index in [0.29, 0.717) is 31.3 Å². The van der Waals surface area contributed by atoms with Crippen molar-refractivity contribution >= 4 is 18.2 Å². The number of hydrogen-bond acceptors (Lipinski definition) is 7. The van der Waals surface area contributed by atoms with Crippen molar-refractivity contribution in [3.8, 4) is 0 Å². The molecule has 3 rings (SSSR count). The summed E-state index contributed by atoms with van der Waals surface area (Å²) in [6.07, 6.45) is 11.7. The second kappa shape index (κ2) is 14.2. The van der Waals surface area contributed by atoms with Gasteiger partial charge in [0.15, 0.2) is 0 Å². The third-order valence-electron chi connectivity index (χ3n) is 10.1. The molecule has 8 nitrogen and oxygen atoms in total. The number of carboxylic acids is 1. The molecule has 1 spiro atoms. The summed E-state index contributed by atoms with van der Waals surface area (Å²) < 4.78 is 5.96. The third-order valence-corrected chi connectivity index (χ3v) is 10.1. The molecule has 0 aromatic rings. The monoisotopic (exact) mass is 550 g/mol. The van der Waals surface area contributed by atoms with Crippen LogP contribution in [0.2, 0.25) is 0 Å². The summed E-state index contributed by atoms with van der Waals surface area (Å²) in [6, 6.07) is 0. The van der Waals surface area contributed by atoms with Crippen LogP contribution in [-0.2, 0) is 19.1 Å². The number of aldehydes is 1. The van der Waals surface area contributed by atoms with E-state index in [1.807, 2.05) is 0 Å². The second-order valence-electron chi connectivity index (χ2n) is 12.8. The van der Waals surface area contributed by atoms with E-state index in [1.54, 1.807) is 6.08 Å². The molecule has 0 aromatic carbocycles. The molecule has 4 N–H and O–H groups in total. The summed E-state index contributed by atoms with van der Waals surface area (Å²) in [5, 5.41) is 39.0. The van der Waals surface area contributed by atoms with Crippen molar-refractivity contribution in [3.05, 3.63) is 11.6 Å². The summed E-state index contributed by atoms with van der Waals surface area (Å²) in [5.41, 5.74) is -0.459. The van der Waals surface area contributed by atoms with E-state index in [1.165, 1.54) is 0 Å². The van der Waals surface area contributed by atoms with Crippen molar-refractivity contribution in [2.75, 3.05) is 6.61 Å². The molecule has 2 bridgehead atoms. The third kappa shape index (κ3) is 7.12. The fourth-order valence-corrected chi connectivity index (χ4v) is 7.95. The second-order valence-corrected chi connectivity index (χ2v) is 12.8. The first kappa shape index (κ1) is 31.8. The SMILES string of the molecule is CC1(C)[C@H]2C[C@@]3([C@@H](OC(=O)CCCCCCC[C@@H](O)[C@H](O)CCCCCCO)C=C2C(=O)O)[C@@H](C=O)CC[C@@H]13. The maximum Gasteiger partial charge on any atom is 0.331 e. The van der Waals surface area contributed by atoms with E-state index in [9.17, 15) is 29.7 Å². The molecule has 2 fully saturated rings. The standard InChI is InChI=1S/C31H50O8/c1-30(2)23-19-31(21(20-33)15-16-26(30)31)27(18-22(23)29(37)38)39-28(36)14-10-5-3-4-8-12-24(34)25(35)13-9-6-7-11-17-32/h18,20-21,23-27,32,34-35H,3-17,19H2,1-2H3,(H,37,38)/t21-,23+,24-,25-,26+,27+,31-/m1/s1. The fourth-order valence-electron chi connectivity index (χ4n) is 7.95. The van der Waals surface area contributed by atoms with Gasteiger partial charge in [-0.25, -0.2) is 4.79 Å². The van der Waals surface area contributed by atoms with E-state index in [-0.39, 0.29) is 42.2 Å². The highest BCUT2D eigenvalue weighted by Gasteiger charge is 2.69. The van der Waals surface area contributed by atoms with Gasteiger partial charge in [0.1, 0.15) is 12.4 Å². The van der Waals surface area contributed by atoms with E-state index in [0.717, 1.165) is 70.5 Å². The van der Waals surface area contributed by atoms with Gasteiger partial charge in [0.25, 0.3) is 0 Å². The molecule has 8 heteroatoms. The van der Waals surface area contributed by atoms with Crippen molar-refractivity contribution in [2.45, 2.75) is 128 Å². The van der Waals surface area contributed by atoms with Crippen LogP contribution in [0.1, 0.15) is 110 Å². The Morgan fingerprint density at radius 3 is 2.15 bits per heavy atom. The van der Waals surface area contributed by atoms with Crippen molar-refractivity contribution in [2.24, 2.45) is 28.6 Å². The molecule has 3 aliphatic rings. The number of carbonyl (C=O) groups is 3. The van der Waals surface area contributed by atoms with Gasteiger partial charge >= 0.3 is 11.9 Å². The zero-order valence-corrected chi connectivity index (χ0v) is 23.9. The van der Waals surface area contributed by atoms with Gasteiger partial charge in [-0.05, 0) is 68.3 Å². The Morgan fingerprint density at radius 1 is 0.974 bits per heavy atom. The summed E-state index contributed by atoms with van der Waals surface area (Å²) in [4.78, 5) is 37.0. The van der Waals surface area contributed by atoms with Crippen LogP contribution in [0.25, 0.3) is 0 Å². The lowest BCUT2D eigenvalue weighted by molar-refractivity contribution is -0.158. The highest BCUT2D eigenvalue weighted by atomic mass is 16.5. The Hall–Kier alpha value is -1.77. The first-order valence-corrected chi connectivity index (χ1v) is 15.2. The number of hydrogen-bond donors (Lipinski definition) is 4. The molecule has 2 saturated carbocycles. The van der Waals surface area contributed by atoms with Crippen LogP contribution in [0.5, 0.6) is 0 Å². The Morgan fingerprint density at radius 2 is 1.56 bits per heavy atom. The molecule has 3 aliphatic carbocycles. The number of unbranched alkanes of at least 4 members (excludes halogenated alkanes) is 7. The van der Waals surface area contributed by atoms with Gasteiger partial charge < -0.3 is 30.0 Å². The topological polar surface area (TPSA) is 141 Å². The Balaban J connectivity index is 1.40. The van der Waals surface area contributed by atoms with Crippen LogP contribution >= 0.6 is 0 Å². The minimum Gasteiger partial charge on any atom is -0.478 e. The minimum atomic E-state index is -0.970. The highest BCUT2D eigenvalue weighted by molar-refractivity contribution is 5.88. The van der Waals surface area contributed by atoms with Gasteiger partial charge in [-0.15, -0.1) is 0 Å². The molecular weight excluding hydrogens is 500 g/mol. The number of rotatable bonds is 18. The van der Waals surface area contributed by atoms with Gasteiger partial charge in [-0.3, -0.25) is 4.79 Å². The summed E-state index contributed by atoms with van der Waals surface area (Å²) in [6.45, 7) is 4.39. The molecule has 0 aliphatic heterocycles. The van der Waals surface area contributed by atoms with Gasteiger partial charge in [0.2, 0.25) is 0 Å². The zero-order chi connectivity index (χ0) is 28.6. The minimum absolute atomic E-state index is 0.135. The van der Waals surface area contributed by atoms with Crippen LogP contribution in [0, 0.1) is 28.6 Å². The van der Waals surface area contributed by atoms with Crippen LogP contribution in [0.15, 0.2) is 11.6 Å². The number of carboxylic acid groups (broad SMARTS) is 1. The number of aliphatic hydroxyl groups is 3. The van der Waals surface area contributed by atoms with Crippen molar-refractivity contribution in [1.29, 1.82) is 0 Å². The molecule has 0 radical (unpaired) electrons. The first-order valence-electron chi connectivity index (χ1n) is 15.2. The average molecular weight is 551 g/mol. The predicted molar refractivity (Wildman–Crippen MR) is 147 cm³/mol. The molecule has 39 heavy (non-hydrogen) atoms. The highest BCUT2D eigenvalue weighted by Crippen LogP contribution is 2.71. The molecule has 0 unspecified atom stereocenters.